The van der Waals surface area contributed by atoms with Gasteiger partial charge in [0.1, 0.15) is 6.33 Å². The Morgan fingerprint density at radius 3 is 3.12 bits per heavy atom. The summed E-state index contributed by atoms with van der Waals surface area (Å²) in [5.41, 5.74) is 0. The van der Waals surface area contributed by atoms with E-state index in [2.05, 4.69) is 15.1 Å². The smallest absolute Gasteiger partial charge is 0.183 e. The molecule has 0 aliphatic carbocycles. The summed E-state index contributed by atoms with van der Waals surface area (Å²) in [6, 6.07) is 2.19. The van der Waals surface area contributed by atoms with Gasteiger partial charge >= 0.3 is 0 Å². The maximum absolute atomic E-state index is 13.5. The van der Waals surface area contributed by atoms with Crippen LogP contribution in [0.3, 0.4) is 0 Å². The predicted octanol–water partition coefficient (Wildman–Crippen LogP) is 1.26. The largest absolute Gasteiger partial charge is 0.352 e. The lowest BCUT2D eigenvalue weighted by atomic mass is 10.3. The summed E-state index contributed by atoms with van der Waals surface area (Å²) in [6.07, 6.45) is 7.22. The molecule has 1 aliphatic heterocycles. The van der Waals surface area contributed by atoms with Crippen molar-refractivity contribution in [3.63, 3.8) is 0 Å². The van der Waals surface area contributed by atoms with E-state index >= 15 is 0 Å². The van der Waals surface area contributed by atoms with Crippen molar-refractivity contribution in [2.75, 3.05) is 18.0 Å². The molecule has 2 aromatic rings. The zero-order chi connectivity index (χ0) is 11.7. The van der Waals surface area contributed by atoms with Crippen molar-refractivity contribution in [1.29, 1.82) is 0 Å². The van der Waals surface area contributed by atoms with Gasteiger partial charge < -0.3 is 4.90 Å². The van der Waals surface area contributed by atoms with Crippen LogP contribution in [0, 0.1) is 5.82 Å². The van der Waals surface area contributed by atoms with Crippen LogP contribution < -0.4 is 4.90 Å². The Balaban J connectivity index is 1.79. The molecule has 0 bridgehead atoms. The van der Waals surface area contributed by atoms with E-state index in [9.17, 15) is 4.39 Å². The van der Waals surface area contributed by atoms with E-state index in [0.29, 0.717) is 11.9 Å². The summed E-state index contributed by atoms with van der Waals surface area (Å²) in [6.45, 7) is 1.52. The van der Waals surface area contributed by atoms with Gasteiger partial charge in [0.25, 0.3) is 0 Å². The lowest BCUT2D eigenvalue weighted by Gasteiger charge is -2.17. The Labute approximate surface area is 97.9 Å². The first-order chi connectivity index (χ1) is 8.34. The maximum Gasteiger partial charge on any atom is 0.183 e. The summed E-state index contributed by atoms with van der Waals surface area (Å²) in [4.78, 5) is 9.57. The van der Waals surface area contributed by atoms with Crippen molar-refractivity contribution in [2.45, 2.75) is 12.5 Å². The fourth-order valence-electron chi connectivity index (χ4n) is 2.19. The molecule has 1 unspecified atom stereocenters. The van der Waals surface area contributed by atoms with Crippen molar-refractivity contribution in [2.24, 2.45) is 0 Å². The topological polar surface area (TPSA) is 46.8 Å². The van der Waals surface area contributed by atoms with E-state index < -0.39 is 0 Å². The second-order valence-electron chi connectivity index (χ2n) is 4.07. The third-order valence-corrected chi connectivity index (χ3v) is 3.01. The van der Waals surface area contributed by atoms with Gasteiger partial charge in [0.05, 0.1) is 12.2 Å². The molecule has 88 valence electrons. The monoisotopic (exact) mass is 233 g/mol. The lowest BCUT2D eigenvalue weighted by molar-refractivity contribution is 0.494. The minimum atomic E-state index is -0.367. The van der Waals surface area contributed by atoms with E-state index in [-0.39, 0.29) is 5.82 Å². The lowest BCUT2D eigenvalue weighted by Crippen LogP contribution is -2.23. The number of hydrogen-bond donors (Lipinski definition) is 0. The first kappa shape index (κ1) is 10.2. The SMILES string of the molecule is Fc1cncnc1N1CCC(n2cccn2)C1. The van der Waals surface area contributed by atoms with Crippen LogP contribution in [-0.2, 0) is 0 Å². The van der Waals surface area contributed by atoms with Crippen LogP contribution in [0.4, 0.5) is 10.2 Å². The highest BCUT2D eigenvalue weighted by Gasteiger charge is 2.26. The zero-order valence-corrected chi connectivity index (χ0v) is 9.20. The van der Waals surface area contributed by atoms with E-state index in [4.69, 9.17) is 0 Å². The average molecular weight is 233 g/mol. The van der Waals surface area contributed by atoms with Crippen LogP contribution in [0.25, 0.3) is 0 Å². The molecule has 0 aromatic carbocycles. The van der Waals surface area contributed by atoms with E-state index in [0.717, 1.165) is 19.5 Å². The Morgan fingerprint density at radius 2 is 2.35 bits per heavy atom. The van der Waals surface area contributed by atoms with Gasteiger partial charge in [-0.3, -0.25) is 4.68 Å². The van der Waals surface area contributed by atoms with E-state index in [1.165, 1.54) is 12.5 Å². The molecular formula is C11H12FN5. The molecule has 3 heterocycles. The number of anilines is 1. The molecule has 6 heteroatoms. The van der Waals surface area contributed by atoms with Crippen LogP contribution in [0.15, 0.2) is 31.0 Å². The Kier molecular flexibility index (Phi) is 2.47. The van der Waals surface area contributed by atoms with Gasteiger partial charge in [-0.05, 0) is 12.5 Å². The molecule has 3 rings (SSSR count). The minimum Gasteiger partial charge on any atom is -0.352 e. The molecule has 1 atom stereocenters. The second kappa shape index (κ2) is 4.12. The Bertz CT molecular complexity index is 498. The first-order valence-electron chi connectivity index (χ1n) is 5.54. The highest BCUT2D eigenvalue weighted by Crippen LogP contribution is 2.26. The summed E-state index contributed by atoms with van der Waals surface area (Å²) < 4.78 is 15.4. The second-order valence-corrected chi connectivity index (χ2v) is 4.07. The molecular weight excluding hydrogens is 221 g/mol. The molecule has 0 spiro atoms. The van der Waals surface area contributed by atoms with Crippen LogP contribution >= 0.6 is 0 Å². The molecule has 1 fully saturated rings. The third-order valence-electron chi connectivity index (χ3n) is 3.01. The van der Waals surface area contributed by atoms with Gasteiger partial charge in [0.15, 0.2) is 11.6 Å². The van der Waals surface area contributed by atoms with Crippen molar-refractivity contribution < 1.29 is 4.39 Å². The van der Waals surface area contributed by atoms with Crippen LogP contribution in [-0.4, -0.2) is 32.8 Å². The molecule has 5 nitrogen and oxygen atoms in total. The third kappa shape index (κ3) is 1.86. The Hall–Kier alpha value is -1.98. The fourth-order valence-corrected chi connectivity index (χ4v) is 2.19. The zero-order valence-electron chi connectivity index (χ0n) is 9.20. The number of hydrogen-bond acceptors (Lipinski definition) is 4. The fraction of sp³-hybridized carbons (Fsp3) is 0.364. The number of rotatable bonds is 2. The standard InChI is InChI=1S/C11H12FN5/c12-10-6-13-8-14-11(10)16-5-2-9(7-16)17-4-1-3-15-17/h1,3-4,6,8-9H,2,5,7H2. The highest BCUT2D eigenvalue weighted by molar-refractivity contribution is 5.39. The highest BCUT2D eigenvalue weighted by atomic mass is 19.1. The normalized spacial score (nSPS) is 19.8. The predicted molar refractivity (Wildman–Crippen MR) is 60.1 cm³/mol. The van der Waals surface area contributed by atoms with Gasteiger partial charge in [-0.15, -0.1) is 0 Å². The van der Waals surface area contributed by atoms with Gasteiger partial charge in [0.2, 0.25) is 0 Å². The van der Waals surface area contributed by atoms with Gasteiger partial charge in [-0.25, -0.2) is 14.4 Å². The molecule has 0 saturated carbocycles. The Morgan fingerprint density at radius 1 is 1.41 bits per heavy atom. The van der Waals surface area contributed by atoms with Gasteiger partial charge in [-0.1, -0.05) is 0 Å². The average Bonchev–Trinajstić information content (AvgIpc) is 3.00. The quantitative estimate of drug-likeness (QED) is 0.783. The molecule has 0 radical (unpaired) electrons. The van der Waals surface area contributed by atoms with E-state index in [1.807, 2.05) is 21.8 Å². The molecule has 1 saturated heterocycles. The minimum absolute atomic E-state index is 0.291. The summed E-state index contributed by atoms with van der Waals surface area (Å²) in [5.74, 6) is 0.0169. The van der Waals surface area contributed by atoms with Crippen LogP contribution in [0.5, 0.6) is 0 Å². The maximum atomic E-state index is 13.5. The summed E-state index contributed by atoms with van der Waals surface area (Å²) in [5, 5.41) is 4.21. The van der Waals surface area contributed by atoms with Crippen molar-refractivity contribution >= 4 is 5.82 Å². The van der Waals surface area contributed by atoms with Crippen LogP contribution in [0.2, 0.25) is 0 Å². The number of nitrogens with zero attached hydrogens (tertiary/aromatic N) is 5. The molecule has 2 aromatic heterocycles. The number of halogens is 1. The van der Waals surface area contributed by atoms with Gasteiger partial charge in [-0.2, -0.15) is 5.10 Å². The van der Waals surface area contributed by atoms with Crippen molar-refractivity contribution in [3.05, 3.63) is 36.8 Å². The number of aromatic nitrogens is 4. The molecule has 0 amide bonds. The van der Waals surface area contributed by atoms with E-state index in [1.54, 1.807) is 6.20 Å². The van der Waals surface area contributed by atoms with Crippen molar-refractivity contribution in [1.82, 2.24) is 19.7 Å². The molecule has 0 N–H and O–H groups in total. The first-order valence-corrected chi connectivity index (χ1v) is 5.54. The van der Waals surface area contributed by atoms with Crippen molar-refractivity contribution in [3.8, 4) is 0 Å². The molecule has 17 heavy (non-hydrogen) atoms. The summed E-state index contributed by atoms with van der Waals surface area (Å²) >= 11 is 0. The molecule has 1 aliphatic rings. The van der Waals surface area contributed by atoms with Crippen LogP contribution in [0.1, 0.15) is 12.5 Å². The van der Waals surface area contributed by atoms with Gasteiger partial charge in [0, 0.05) is 25.5 Å². The summed E-state index contributed by atoms with van der Waals surface area (Å²) in [7, 11) is 0.